The average molecular weight is 423 g/mol. The van der Waals surface area contributed by atoms with Crippen LogP contribution >= 0.6 is 0 Å². The van der Waals surface area contributed by atoms with Crippen LogP contribution in [-0.2, 0) is 10.3 Å². The summed E-state index contributed by atoms with van der Waals surface area (Å²) in [6.45, 7) is 1.45. The van der Waals surface area contributed by atoms with Crippen molar-refractivity contribution in [2.24, 2.45) is 0 Å². The Morgan fingerprint density at radius 2 is 1.68 bits per heavy atom. The second kappa shape index (κ2) is 8.61. The number of benzene rings is 2. The summed E-state index contributed by atoms with van der Waals surface area (Å²) in [5, 5.41) is 2.72. The molecular formula is C25H27FN2O3. The number of carbonyl (C=O) groups excluding carboxylic acids is 3. The molecular weight excluding hydrogens is 395 g/mol. The third-order valence-electron chi connectivity index (χ3n) is 6.65. The van der Waals surface area contributed by atoms with Crippen LogP contribution in [-0.4, -0.2) is 29.2 Å². The summed E-state index contributed by atoms with van der Waals surface area (Å²) in [6, 6.07) is 12.5. The molecule has 2 aromatic rings. The van der Waals surface area contributed by atoms with Gasteiger partial charge >= 0.3 is 6.03 Å². The number of nitrogens with one attached hydrogen (secondary N) is 1. The highest BCUT2D eigenvalue weighted by Crippen LogP contribution is 2.34. The van der Waals surface area contributed by atoms with Crippen LogP contribution in [0.5, 0.6) is 0 Å². The molecule has 6 heteroatoms. The molecule has 2 aliphatic rings. The lowest BCUT2D eigenvalue weighted by atomic mass is 9.84. The Bertz CT molecular complexity index is 981. The summed E-state index contributed by atoms with van der Waals surface area (Å²) in [4.78, 5) is 39.6. The average Bonchev–Trinajstić information content (AvgIpc) is 3.05. The molecule has 0 bridgehead atoms. The zero-order valence-electron chi connectivity index (χ0n) is 17.7. The zero-order chi connectivity index (χ0) is 22.0. The van der Waals surface area contributed by atoms with Crippen molar-refractivity contribution in [3.8, 4) is 0 Å². The molecule has 1 N–H and O–H groups in total. The van der Waals surface area contributed by atoms with Gasteiger partial charge in [0.15, 0.2) is 5.78 Å². The van der Waals surface area contributed by atoms with Crippen LogP contribution in [0.25, 0.3) is 0 Å². The number of imide groups is 1. The maximum Gasteiger partial charge on any atom is 0.325 e. The van der Waals surface area contributed by atoms with Crippen molar-refractivity contribution in [1.29, 1.82) is 0 Å². The predicted molar refractivity (Wildman–Crippen MR) is 115 cm³/mol. The van der Waals surface area contributed by atoms with E-state index in [1.54, 1.807) is 19.1 Å². The first kappa shape index (κ1) is 21.2. The Hall–Kier alpha value is -3.02. The number of ketones is 1. The number of Topliss-reactive ketones (excluding diaryl/α,β-unsaturated/α-hetero) is 1. The van der Waals surface area contributed by atoms with Gasteiger partial charge in [0.1, 0.15) is 11.4 Å². The maximum absolute atomic E-state index is 13.3. The van der Waals surface area contributed by atoms with Gasteiger partial charge in [-0.15, -0.1) is 0 Å². The molecule has 1 aliphatic carbocycles. The maximum atomic E-state index is 13.3. The lowest BCUT2D eigenvalue weighted by molar-refractivity contribution is -0.131. The Labute approximate surface area is 181 Å². The molecule has 0 radical (unpaired) electrons. The molecule has 5 nitrogen and oxygen atoms in total. The van der Waals surface area contributed by atoms with Crippen molar-refractivity contribution in [1.82, 2.24) is 10.2 Å². The molecule has 0 spiro atoms. The fourth-order valence-corrected chi connectivity index (χ4v) is 4.76. The largest absolute Gasteiger partial charge is 0.325 e. The van der Waals surface area contributed by atoms with Crippen LogP contribution in [0.3, 0.4) is 0 Å². The number of amides is 3. The van der Waals surface area contributed by atoms with Crippen molar-refractivity contribution in [3.63, 3.8) is 0 Å². The van der Waals surface area contributed by atoms with Crippen molar-refractivity contribution in [2.75, 3.05) is 6.54 Å². The molecule has 4 rings (SSSR count). The first-order chi connectivity index (χ1) is 14.9. The summed E-state index contributed by atoms with van der Waals surface area (Å²) < 4.78 is 13.3. The number of nitrogens with zero attached hydrogens (tertiary/aromatic N) is 1. The van der Waals surface area contributed by atoms with Gasteiger partial charge in [-0.1, -0.05) is 62.6 Å². The molecule has 1 atom stereocenters. The third-order valence-corrected chi connectivity index (χ3v) is 6.65. The molecule has 3 amide bonds. The van der Waals surface area contributed by atoms with Gasteiger partial charge in [-0.25, -0.2) is 9.18 Å². The highest BCUT2D eigenvalue weighted by molar-refractivity contribution is 6.11. The number of hydrogen-bond acceptors (Lipinski definition) is 3. The Morgan fingerprint density at radius 1 is 1.03 bits per heavy atom. The van der Waals surface area contributed by atoms with Crippen LogP contribution in [0.4, 0.5) is 9.18 Å². The van der Waals surface area contributed by atoms with Crippen LogP contribution < -0.4 is 5.32 Å². The van der Waals surface area contributed by atoms with E-state index in [1.807, 2.05) is 12.1 Å². The molecule has 2 fully saturated rings. The normalized spacial score (nSPS) is 21.9. The lowest BCUT2D eigenvalue weighted by Gasteiger charge is -2.25. The molecule has 1 heterocycles. The smallest absolute Gasteiger partial charge is 0.319 e. The van der Waals surface area contributed by atoms with Gasteiger partial charge in [0.05, 0.1) is 6.54 Å². The summed E-state index contributed by atoms with van der Waals surface area (Å²) in [5.41, 5.74) is 0.945. The van der Waals surface area contributed by atoms with E-state index in [0.717, 1.165) is 4.90 Å². The standard InChI is InChI=1S/C25H27FN2O3/c1-2-25(20-12-14-21(26)15-13-20)23(30)28(24(31)27-25)16-22(29)19-10-8-18(9-11-19)17-6-4-3-5-7-17/h8-15,17H,2-7,16H2,1H3,(H,27,31)/t25-/m1/s1. The predicted octanol–water partition coefficient (Wildman–Crippen LogP) is 4.91. The van der Waals surface area contributed by atoms with Crippen molar-refractivity contribution in [3.05, 3.63) is 71.0 Å². The summed E-state index contributed by atoms with van der Waals surface area (Å²) >= 11 is 0. The van der Waals surface area contributed by atoms with Crippen LogP contribution in [0.2, 0.25) is 0 Å². The lowest BCUT2D eigenvalue weighted by Crippen LogP contribution is -2.43. The highest BCUT2D eigenvalue weighted by Gasteiger charge is 2.51. The van der Waals surface area contributed by atoms with Gasteiger partial charge in [-0.2, -0.15) is 0 Å². The molecule has 162 valence electrons. The van der Waals surface area contributed by atoms with Gasteiger partial charge in [-0.3, -0.25) is 14.5 Å². The van der Waals surface area contributed by atoms with Crippen LogP contribution in [0.1, 0.15) is 72.9 Å². The monoisotopic (exact) mass is 422 g/mol. The second-order valence-corrected chi connectivity index (χ2v) is 8.47. The first-order valence-corrected chi connectivity index (χ1v) is 11.0. The minimum atomic E-state index is -1.28. The summed E-state index contributed by atoms with van der Waals surface area (Å²) in [6.07, 6.45) is 6.42. The quantitative estimate of drug-likeness (QED) is 0.531. The number of carbonyl (C=O) groups is 3. The minimum Gasteiger partial charge on any atom is -0.319 e. The molecule has 0 aromatic heterocycles. The summed E-state index contributed by atoms with van der Waals surface area (Å²) in [5.74, 6) is -0.649. The molecule has 2 aromatic carbocycles. The number of halogens is 1. The van der Waals surface area contributed by atoms with Gasteiger partial charge in [0.2, 0.25) is 0 Å². The van der Waals surface area contributed by atoms with Gasteiger partial charge in [0, 0.05) is 5.56 Å². The number of rotatable bonds is 6. The first-order valence-electron chi connectivity index (χ1n) is 11.0. The van der Waals surface area contributed by atoms with Gasteiger partial charge < -0.3 is 5.32 Å². The van der Waals surface area contributed by atoms with Crippen LogP contribution in [0, 0.1) is 5.82 Å². The Balaban J connectivity index is 1.49. The molecule has 1 saturated carbocycles. The van der Waals surface area contributed by atoms with Gasteiger partial charge in [-0.05, 0) is 48.4 Å². The van der Waals surface area contributed by atoms with E-state index >= 15 is 0 Å². The fraction of sp³-hybridized carbons (Fsp3) is 0.400. The van der Waals surface area contributed by atoms with E-state index in [2.05, 4.69) is 5.32 Å². The number of hydrogen-bond donors (Lipinski definition) is 1. The SMILES string of the molecule is CC[C@]1(c2ccc(F)cc2)NC(=O)N(CC(=O)c2ccc(C3CCCCC3)cc2)C1=O. The van der Waals surface area contributed by atoms with E-state index < -0.39 is 23.3 Å². The van der Waals surface area contributed by atoms with Crippen molar-refractivity contribution >= 4 is 17.7 Å². The highest BCUT2D eigenvalue weighted by atomic mass is 19.1. The molecule has 0 unspecified atom stereocenters. The Kier molecular flexibility index (Phi) is 5.90. The van der Waals surface area contributed by atoms with Gasteiger partial charge in [0.25, 0.3) is 5.91 Å². The molecule has 31 heavy (non-hydrogen) atoms. The van der Waals surface area contributed by atoms with E-state index in [4.69, 9.17) is 0 Å². The number of urea groups is 1. The van der Waals surface area contributed by atoms with E-state index in [-0.39, 0.29) is 12.3 Å². The second-order valence-electron chi connectivity index (χ2n) is 8.47. The van der Waals surface area contributed by atoms with E-state index in [1.165, 1.54) is 61.9 Å². The van der Waals surface area contributed by atoms with Crippen molar-refractivity contribution < 1.29 is 18.8 Å². The molecule has 1 saturated heterocycles. The minimum absolute atomic E-state index is 0.287. The van der Waals surface area contributed by atoms with E-state index in [9.17, 15) is 18.8 Å². The zero-order valence-corrected chi connectivity index (χ0v) is 17.7. The third kappa shape index (κ3) is 3.99. The fourth-order valence-electron chi connectivity index (χ4n) is 4.76. The van der Waals surface area contributed by atoms with Crippen LogP contribution in [0.15, 0.2) is 48.5 Å². The summed E-state index contributed by atoms with van der Waals surface area (Å²) in [7, 11) is 0. The Morgan fingerprint density at radius 3 is 2.29 bits per heavy atom. The van der Waals surface area contributed by atoms with Crippen molar-refractivity contribution in [2.45, 2.75) is 56.9 Å². The molecule has 1 aliphatic heterocycles. The van der Waals surface area contributed by atoms with E-state index in [0.29, 0.717) is 23.5 Å². The topological polar surface area (TPSA) is 66.5 Å².